The lowest BCUT2D eigenvalue weighted by molar-refractivity contribution is -0.134. The van der Waals surface area contributed by atoms with Crippen LogP contribution in [0.25, 0.3) is 0 Å². The summed E-state index contributed by atoms with van der Waals surface area (Å²) in [6, 6.07) is 12.6. The average Bonchev–Trinajstić information content (AvgIpc) is 2.72. The second kappa shape index (κ2) is 9.56. The van der Waals surface area contributed by atoms with Crippen LogP contribution in [0.1, 0.15) is 13.8 Å². The molecule has 0 radical (unpaired) electrons. The van der Waals surface area contributed by atoms with Gasteiger partial charge in [0.15, 0.2) is 0 Å². The van der Waals surface area contributed by atoms with E-state index in [1.807, 2.05) is 38.1 Å². The number of anilines is 1. The summed E-state index contributed by atoms with van der Waals surface area (Å²) in [7, 11) is -3.84. The topological polar surface area (TPSA) is 69.7 Å². The first-order valence-corrected chi connectivity index (χ1v) is 12.0. The van der Waals surface area contributed by atoms with E-state index in [1.165, 1.54) is 24.3 Å². The van der Waals surface area contributed by atoms with E-state index in [2.05, 4.69) is 9.62 Å². The van der Waals surface area contributed by atoms with E-state index in [0.717, 1.165) is 5.69 Å². The molecule has 2 aromatic carbocycles. The van der Waals surface area contributed by atoms with Gasteiger partial charge in [-0.15, -0.1) is 0 Å². The van der Waals surface area contributed by atoms with Crippen molar-refractivity contribution in [1.82, 2.24) is 9.62 Å². The Morgan fingerprint density at radius 1 is 0.967 bits per heavy atom. The molecule has 1 aliphatic rings. The van der Waals surface area contributed by atoms with Gasteiger partial charge in [-0.3, -0.25) is 4.79 Å². The van der Waals surface area contributed by atoms with Gasteiger partial charge in [0.2, 0.25) is 15.9 Å². The Hall–Kier alpha value is -1.80. The highest BCUT2D eigenvalue weighted by Gasteiger charge is 2.33. The van der Waals surface area contributed by atoms with Crippen molar-refractivity contribution in [3.63, 3.8) is 0 Å². The quantitative estimate of drug-likeness (QED) is 0.700. The highest BCUT2D eigenvalue weighted by molar-refractivity contribution is 7.89. The molecule has 2 aromatic rings. The molecule has 9 heteroatoms. The number of nitrogens with zero attached hydrogens (tertiary/aromatic N) is 2. The van der Waals surface area contributed by atoms with Crippen molar-refractivity contribution in [2.24, 2.45) is 5.92 Å². The number of hydrogen-bond acceptors (Lipinski definition) is 4. The number of carbonyl (C=O) groups excluding carboxylic acids is 1. The van der Waals surface area contributed by atoms with E-state index in [4.69, 9.17) is 23.2 Å². The second-order valence-corrected chi connectivity index (χ2v) is 10.2. The Morgan fingerprint density at radius 3 is 2.17 bits per heavy atom. The second-order valence-electron chi connectivity index (χ2n) is 7.59. The Morgan fingerprint density at radius 2 is 1.60 bits per heavy atom. The van der Waals surface area contributed by atoms with Crippen LogP contribution < -0.4 is 9.62 Å². The zero-order valence-corrected chi connectivity index (χ0v) is 19.2. The van der Waals surface area contributed by atoms with Crippen LogP contribution in [0.2, 0.25) is 10.0 Å². The minimum Gasteiger partial charge on any atom is -0.368 e. The largest absolute Gasteiger partial charge is 0.368 e. The van der Waals surface area contributed by atoms with Gasteiger partial charge in [0.1, 0.15) is 6.04 Å². The van der Waals surface area contributed by atoms with Crippen LogP contribution in [0.5, 0.6) is 0 Å². The fourth-order valence-electron chi connectivity index (χ4n) is 3.38. The van der Waals surface area contributed by atoms with Gasteiger partial charge in [-0.1, -0.05) is 43.1 Å². The summed E-state index contributed by atoms with van der Waals surface area (Å²) in [6.45, 7) is 5.99. The molecule has 162 valence electrons. The van der Waals surface area contributed by atoms with E-state index >= 15 is 0 Å². The molecule has 1 fully saturated rings. The van der Waals surface area contributed by atoms with E-state index < -0.39 is 16.1 Å². The molecule has 1 aliphatic heterocycles. The number of rotatable bonds is 6. The summed E-state index contributed by atoms with van der Waals surface area (Å²) in [6.07, 6.45) is 0. The smallest absolute Gasteiger partial charge is 0.241 e. The van der Waals surface area contributed by atoms with Crippen LogP contribution in [0.15, 0.2) is 53.4 Å². The SMILES string of the molecule is CC(C)[C@H](NS(=O)(=O)c1ccc(Cl)cc1)C(=O)N1CCN(c2cccc(Cl)c2)CC1. The van der Waals surface area contributed by atoms with Crippen LogP contribution in [0.4, 0.5) is 5.69 Å². The molecule has 3 rings (SSSR count). The lowest BCUT2D eigenvalue weighted by atomic mass is 10.0. The fraction of sp³-hybridized carbons (Fsp3) is 0.381. The molecule has 1 amide bonds. The van der Waals surface area contributed by atoms with Gasteiger partial charge in [-0.05, 0) is 48.4 Å². The molecular weight excluding hydrogens is 445 g/mol. The van der Waals surface area contributed by atoms with E-state index in [-0.39, 0.29) is 16.7 Å². The maximum Gasteiger partial charge on any atom is 0.241 e. The van der Waals surface area contributed by atoms with Crippen LogP contribution in [-0.4, -0.2) is 51.4 Å². The van der Waals surface area contributed by atoms with Crippen LogP contribution in [0.3, 0.4) is 0 Å². The van der Waals surface area contributed by atoms with Crippen molar-refractivity contribution in [2.75, 3.05) is 31.1 Å². The van der Waals surface area contributed by atoms with Crippen molar-refractivity contribution < 1.29 is 13.2 Å². The van der Waals surface area contributed by atoms with Crippen LogP contribution >= 0.6 is 23.2 Å². The molecule has 0 bridgehead atoms. The number of amides is 1. The first kappa shape index (κ1) is 22.9. The van der Waals surface area contributed by atoms with Crippen molar-refractivity contribution >= 4 is 44.8 Å². The molecule has 0 aromatic heterocycles. The molecule has 0 saturated carbocycles. The summed E-state index contributed by atoms with van der Waals surface area (Å²) in [4.78, 5) is 17.1. The third-order valence-corrected chi connectivity index (χ3v) is 7.05. The number of piperazine rings is 1. The number of benzene rings is 2. The minimum absolute atomic E-state index is 0.0797. The Bertz CT molecular complexity index is 989. The van der Waals surface area contributed by atoms with Crippen LogP contribution in [-0.2, 0) is 14.8 Å². The van der Waals surface area contributed by atoms with E-state index in [9.17, 15) is 13.2 Å². The Labute approximate surface area is 187 Å². The normalized spacial score (nSPS) is 16.0. The lowest BCUT2D eigenvalue weighted by Gasteiger charge is -2.38. The maximum atomic E-state index is 13.1. The first-order valence-electron chi connectivity index (χ1n) is 9.74. The number of halogens is 2. The minimum atomic E-state index is -3.84. The summed E-state index contributed by atoms with van der Waals surface area (Å²) >= 11 is 11.9. The highest BCUT2D eigenvalue weighted by Crippen LogP contribution is 2.22. The van der Waals surface area contributed by atoms with Gasteiger partial charge in [0.05, 0.1) is 4.90 Å². The van der Waals surface area contributed by atoms with Gasteiger partial charge in [-0.2, -0.15) is 4.72 Å². The molecule has 1 heterocycles. The van der Waals surface area contributed by atoms with Crippen molar-refractivity contribution in [3.05, 3.63) is 58.6 Å². The molecule has 1 atom stereocenters. The average molecular weight is 470 g/mol. The summed E-state index contributed by atoms with van der Waals surface area (Å²) < 4.78 is 28.1. The predicted octanol–water partition coefficient (Wildman–Crippen LogP) is 3.65. The van der Waals surface area contributed by atoms with Crippen molar-refractivity contribution in [2.45, 2.75) is 24.8 Å². The third-order valence-electron chi connectivity index (χ3n) is 5.10. The molecule has 0 unspecified atom stereocenters. The number of hydrogen-bond donors (Lipinski definition) is 1. The van der Waals surface area contributed by atoms with Gasteiger partial charge < -0.3 is 9.80 Å². The van der Waals surface area contributed by atoms with Gasteiger partial charge in [0, 0.05) is 41.9 Å². The molecule has 0 aliphatic carbocycles. The fourth-order valence-corrected chi connectivity index (χ4v) is 5.02. The van der Waals surface area contributed by atoms with Gasteiger partial charge in [-0.25, -0.2) is 8.42 Å². The molecule has 1 N–H and O–H groups in total. The predicted molar refractivity (Wildman–Crippen MR) is 121 cm³/mol. The maximum absolute atomic E-state index is 13.1. The highest BCUT2D eigenvalue weighted by atomic mass is 35.5. The summed E-state index contributed by atoms with van der Waals surface area (Å²) in [5.74, 6) is -0.418. The van der Waals surface area contributed by atoms with Crippen molar-refractivity contribution in [1.29, 1.82) is 0 Å². The first-order chi connectivity index (χ1) is 14.2. The Balaban J connectivity index is 1.68. The Kier molecular flexibility index (Phi) is 7.29. The zero-order valence-electron chi connectivity index (χ0n) is 16.9. The number of sulfonamides is 1. The molecular formula is C21H25Cl2N3O3S. The third kappa shape index (κ3) is 5.46. The number of nitrogens with one attached hydrogen (secondary N) is 1. The molecule has 0 spiro atoms. The van der Waals surface area contributed by atoms with Gasteiger partial charge in [0.25, 0.3) is 0 Å². The molecule has 6 nitrogen and oxygen atoms in total. The zero-order chi connectivity index (χ0) is 21.9. The number of carbonyl (C=O) groups is 1. The monoisotopic (exact) mass is 469 g/mol. The lowest BCUT2D eigenvalue weighted by Crippen LogP contribution is -2.56. The molecule has 1 saturated heterocycles. The van der Waals surface area contributed by atoms with Crippen molar-refractivity contribution in [3.8, 4) is 0 Å². The summed E-state index contributed by atoms with van der Waals surface area (Å²) in [5, 5.41) is 1.12. The van der Waals surface area contributed by atoms with E-state index in [0.29, 0.717) is 36.2 Å². The summed E-state index contributed by atoms with van der Waals surface area (Å²) in [5.41, 5.74) is 1.01. The van der Waals surface area contributed by atoms with E-state index in [1.54, 1.807) is 4.90 Å². The van der Waals surface area contributed by atoms with Crippen LogP contribution in [0, 0.1) is 5.92 Å². The standard InChI is InChI=1S/C21H25Cl2N3O3S/c1-15(2)20(24-30(28,29)19-8-6-16(22)7-9-19)21(27)26-12-10-25(11-13-26)18-5-3-4-17(23)14-18/h3-9,14-15,20,24H,10-13H2,1-2H3/t20-/m0/s1. The van der Waals surface area contributed by atoms with Gasteiger partial charge >= 0.3 is 0 Å². The molecule has 30 heavy (non-hydrogen) atoms.